The lowest BCUT2D eigenvalue weighted by Crippen LogP contribution is -2.14. The maximum Gasteiger partial charge on any atom is 0.259 e. The van der Waals surface area contributed by atoms with Gasteiger partial charge in [-0.25, -0.2) is 4.98 Å². The summed E-state index contributed by atoms with van der Waals surface area (Å²) in [6.45, 7) is 0. The molecule has 158 valence electrons. The Hall–Kier alpha value is -3.90. The maximum atomic E-state index is 13.2. The van der Waals surface area contributed by atoms with Crippen LogP contribution in [0.5, 0.6) is 11.5 Å². The Morgan fingerprint density at radius 1 is 0.844 bits per heavy atom. The number of nitrogens with zero attached hydrogens (tertiary/aromatic N) is 1. The number of carbonyl (C=O) groups excluding carboxylic acids is 1. The van der Waals surface area contributed by atoms with Gasteiger partial charge in [-0.3, -0.25) is 4.79 Å². The van der Waals surface area contributed by atoms with Gasteiger partial charge in [0.15, 0.2) is 0 Å². The molecule has 6 heteroatoms. The predicted octanol–water partition coefficient (Wildman–Crippen LogP) is 6.39. The lowest BCUT2D eigenvalue weighted by Gasteiger charge is -2.14. The number of carbonyl (C=O) groups is 1. The highest BCUT2D eigenvalue weighted by atomic mass is 32.1. The molecule has 0 aliphatic rings. The smallest absolute Gasteiger partial charge is 0.259 e. The maximum absolute atomic E-state index is 13.2. The van der Waals surface area contributed by atoms with Crippen LogP contribution in [0.25, 0.3) is 31.6 Å². The van der Waals surface area contributed by atoms with Gasteiger partial charge in [0.2, 0.25) is 0 Å². The highest BCUT2D eigenvalue weighted by molar-refractivity contribution is 7.21. The van der Waals surface area contributed by atoms with Gasteiger partial charge in [-0.1, -0.05) is 36.4 Å². The van der Waals surface area contributed by atoms with Crippen LogP contribution in [-0.2, 0) is 0 Å². The molecule has 5 nitrogen and oxygen atoms in total. The van der Waals surface area contributed by atoms with E-state index in [0.29, 0.717) is 22.7 Å². The number of aromatic nitrogens is 1. The van der Waals surface area contributed by atoms with Crippen molar-refractivity contribution in [3.05, 3.63) is 84.4 Å². The van der Waals surface area contributed by atoms with Crippen LogP contribution in [0.4, 0.5) is 5.69 Å². The summed E-state index contributed by atoms with van der Waals surface area (Å²) >= 11 is 1.61. The number of ether oxygens (including phenoxy) is 2. The van der Waals surface area contributed by atoms with E-state index in [9.17, 15) is 4.79 Å². The first kappa shape index (κ1) is 20.0. The number of thiazole rings is 1. The minimum atomic E-state index is -0.271. The van der Waals surface area contributed by atoms with E-state index < -0.39 is 0 Å². The molecule has 1 heterocycles. The SMILES string of the molecule is COc1ccc(-c2nc3ccccc3s2)cc1NC(=O)c1cc2ccccc2cc1OC. The number of nitrogens with one attached hydrogen (secondary N) is 1. The molecule has 1 amide bonds. The van der Waals surface area contributed by atoms with Crippen LogP contribution in [0, 0.1) is 0 Å². The van der Waals surface area contributed by atoms with E-state index in [2.05, 4.69) is 11.4 Å². The highest BCUT2D eigenvalue weighted by Crippen LogP contribution is 2.35. The predicted molar refractivity (Wildman–Crippen MR) is 130 cm³/mol. The Kier molecular flexibility index (Phi) is 5.21. The van der Waals surface area contributed by atoms with Crippen LogP contribution in [0.15, 0.2) is 78.9 Å². The van der Waals surface area contributed by atoms with Gasteiger partial charge in [-0.15, -0.1) is 11.3 Å². The van der Waals surface area contributed by atoms with Gasteiger partial charge in [-0.2, -0.15) is 0 Å². The molecule has 0 unspecified atom stereocenters. The molecule has 1 N–H and O–H groups in total. The average Bonchev–Trinajstić information content (AvgIpc) is 3.27. The molecular weight excluding hydrogens is 420 g/mol. The Labute approximate surface area is 189 Å². The molecule has 0 fully saturated rings. The minimum absolute atomic E-state index is 0.271. The number of methoxy groups -OCH3 is 2. The largest absolute Gasteiger partial charge is 0.496 e. The molecular formula is C26H20N2O3S. The summed E-state index contributed by atoms with van der Waals surface area (Å²) in [5, 5.41) is 5.85. The van der Waals surface area contributed by atoms with E-state index in [1.54, 1.807) is 25.6 Å². The molecule has 1 aromatic heterocycles. The lowest BCUT2D eigenvalue weighted by molar-refractivity contribution is 0.102. The van der Waals surface area contributed by atoms with E-state index in [1.807, 2.05) is 72.8 Å². The molecule has 5 rings (SSSR count). The molecule has 0 aliphatic carbocycles. The number of para-hydroxylation sites is 1. The molecule has 4 aromatic carbocycles. The molecule has 0 saturated carbocycles. The summed E-state index contributed by atoms with van der Waals surface area (Å²) < 4.78 is 12.1. The van der Waals surface area contributed by atoms with Gasteiger partial charge in [0.25, 0.3) is 5.91 Å². The van der Waals surface area contributed by atoms with Gasteiger partial charge in [-0.05, 0) is 53.2 Å². The zero-order chi connectivity index (χ0) is 22.1. The minimum Gasteiger partial charge on any atom is -0.496 e. The lowest BCUT2D eigenvalue weighted by atomic mass is 10.0. The van der Waals surface area contributed by atoms with Crippen molar-refractivity contribution in [2.75, 3.05) is 19.5 Å². The molecule has 0 bridgehead atoms. The number of anilines is 1. The van der Waals surface area contributed by atoms with Crippen LogP contribution in [0.2, 0.25) is 0 Å². The standard InChI is InChI=1S/C26H20N2O3S/c1-30-22-12-11-18(26-28-20-9-5-6-10-24(20)32-26)14-21(22)27-25(29)19-13-16-7-3-4-8-17(16)15-23(19)31-2/h3-15H,1-2H3,(H,27,29). The average molecular weight is 441 g/mol. The fourth-order valence-electron chi connectivity index (χ4n) is 3.69. The van der Waals surface area contributed by atoms with E-state index in [0.717, 1.165) is 31.6 Å². The quantitative estimate of drug-likeness (QED) is 0.344. The zero-order valence-corrected chi connectivity index (χ0v) is 18.4. The second-order valence-electron chi connectivity index (χ2n) is 7.26. The third-order valence-electron chi connectivity index (χ3n) is 5.30. The normalized spacial score (nSPS) is 10.9. The fourth-order valence-corrected chi connectivity index (χ4v) is 4.65. The van der Waals surface area contributed by atoms with Crippen LogP contribution < -0.4 is 14.8 Å². The van der Waals surface area contributed by atoms with Gasteiger partial charge in [0, 0.05) is 5.56 Å². The molecule has 0 saturated heterocycles. The van der Waals surface area contributed by atoms with Crippen LogP contribution in [0.3, 0.4) is 0 Å². The van der Waals surface area contributed by atoms with Crippen molar-refractivity contribution < 1.29 is 14.3 Å². The van der Waals surface area contributed by atoms with Crippen molar-refractivity contribution in [1.82, 2.24) is 4.98 Å². The van der Waals surface area contributed by atoms with Gasteiger partial charge >= 0.3 is 0 Å². The van der Waals surface area contributed by atoms with Crippen LogP contribution >= 0.6 is 11.3 Å². The van der Waals surface area contributed by atoms with E-state index in [4.69, 9.17) is 14.5 Å². The Morgan fingerprint density at radius 2 is 1.56 bits per heavy atom. The first-order chi connectivity index (χ1) is 15.7. The van der Waals surface area contributed by atoms with Gasteiger partial charge in [0.1, 0.15) is 16.5 Å². The molecule has 0 radical (unpaired) electrons. The summed E-state index contributed by atoms with van der Waals surface area (Å²) in [6.07, 6.45) is 0. The highest BCUT2D eigenvalue weighted by Gasteiger charge is 2.17. The number of hydrogen-bond donors (Lipinski definition) is 1. The van der Waals surface area contributed by atoms with Crippen LogP contribution in [-0.4, -0.2) is 25.1 Å². The molecule has 0 atom stereocenters. The zero-order valence-electron chi connectivity index (χ0n) is 17.6. The Balaban J connectivity index is 1.52. The summed E-state index contributed by atoms with van der Waals surface area (Å²) in [5.74, 6) is 0.817. The molecule has 0 aliphatic heterocycles. The number of fused-ring (bicyclic) bond motifs is 2. The first-order valence-electron chi connectivity index (χ1n) is 10.1. The third kappa shape index (κ3) is 3.65. The summed E-state index contributed by atoms with van der Waals surface area (Å²) in [5.41, 5.74) is 2.89. The summed E-state index contributed by atoms with van der Waals surface area (Å²) in [6, 6.07) is 25.3. The summed E-state index contributed by atoms with van der Waals surface area (Å²) in [7, 11) is 3.15. The van der Waals surface area contributed by atoms with Crippen molar-refractivity contribution in [3.63, 3.8) is 0 Å². The number of rotatable bonds is 5. The monoisotopic (exact) mass is 440 g/mol. The summed E-state index contributed by atoms with van der Waals surface area (Å²) in [4.78, 5) is 18.0. The number of amides is 1. The molecule has 0 spiro atoms. The second kappa shape index (κ2) is 8.32. The second-order valence-corrected chi connectivity index (χ2v) is 8.29. The Morgan fingerprint density at radius 3 is 2.31 bits per heavy atom. The topological polar surface area (TPSA) is 60.5 Å². The molecule has 32 heavy (non-hydrogen) atoms. The van der Waals surface area contributed by atoms with Gasteiger partial charge in [0.05, 0.1) is 35.7 Å². The van der Waals surface area contributed by atoms with Crippen molar-refractivity contribution in [2.24, 2.45) is 0 Å². The fraction of sp³-hybridized carbons (Fsp3) is 0.0769. The van der Waals surface area contributed by atoms with Crippen molar-refractivity contribution in [2.45, 2.75) is 0 Å². The van der Waals surface area contributed by atoms with E-state index in [-0.39, 0.29) is 5.91 Å². The first-order valence-corrected chi connectivity index (χ1v) is 10.9. The van der Waals surface area contributed by atoms with Crippen molar-refractivity contribution >= 4 is 43.9 Å². The molecule has 5 aromatic rings. The van der Waals surface area contributed by atoms with E-state index >= 15 is 0 Å². The Bertz CT molecular complexity index is 1430. The van der Waals surface area contributed by atoms with Crippen molar-refractivity contribution in [1.29, 1.82) is 0 Å². The van der Waals surface area contributed by atoms with Gasteiger partial charge < -0.3 is 14.8 Å². The van der Waals surface area contributed by atoms with Crippen molar-refractivity contribution in [3.8, 4) is 22.1 Å². The third-order valence-corrected chi connectivity index (χ3v) is 6.39. The van der Waals surface area contributed by atoms with E-state index in [1.165, 1.54) is 0 Å². The number of benzene rings is 4. The number of hydrogen-bond acceptors (Lipinski definition) is 5. The van der Waals surface area contributed by atoms with Crippen LogP contribution in [0.1, 0.15) is 10.4 Å².